The van der Waals surface area contributed by atoms with Gasteiger partial charge in [0.2, 0.25) is 0 Å². The van der Waals surface area contributed by atoms with Gasteiger partial charge in [-0.25, -0.2) is 0 Å². The van der Waals surface area contributed by atoms with Crippen molar-refractivity contribution < 1.29 is 9.53 Å². The Morgan fingerprint density at radius 1 is 1.55 bits per heavy atom. The van der Waals surface area contributed by atoms with E-state index in [-0.39, 0.29) is 5.41 Å². The van der Waals surface area contributed by atoms with Gasteiger partial charge in [-0.1, -0.05) is 13.8 Å². The molecule has 0 aromatic heterocycles. The van der Waals surface area contributed by atoms with Crippen molar-refractivity contribution in [1.82, 2.24) is 0 Å². The third-order valence-corrected chi connectivity index (χ3v) is 2.29. The van der Waals surface area contributed by atoms with Crippen LogP contribution in [0.3, 0.4) is 0 Å². The maximum Gasteiger partial charge on any atom is 0.298 e. The van der Waals surface area contributed by atoms with Gasteiger partial charge in [0.15, 0.2) is 0 Å². The van der Waals surface area contributed by atoms with Crippen molar-refractivity contribution >= 4 is 6.47 Å². The van der Waals surface area contributed by atoms with Gasteiger partial charge in [-0.05, 0) is 25.3 Å². The Morgan fingerprint density at radius 3 is 2.55 bits per heavy atom. The summed E-state index contributed by atoms with van der Waals surface area (Å²) >= 11 is 0. The zero-order valence-electron chi connectivity index (χ0n) is 7.31. The van der Waals surface area contributed by atoms with E-state index < -0.39 is 0 Å². The molecule has 0 unspecified atom stereocenters. The fourth-order valence-corrected chi connectivity index (χ4v) is 1.61. The normalized spacial score (nSPS) is 22.1. The van der Waals surface area contributed by atoms with E-state index in [2.05, 4.69) is 13.8 Å². The van der Waals surface area contributed by atoms with E-state index in [0.717, 1.165) is 18.6 Å². The second-order valence-corrected chi connectivity index (χ2v) is 3.71. The molecule has 0 saturated heterocycles. The first-order chi connectivity index (χ1) is 5.08. The zero-order valence-corrected chi connectivity index (χ0v) is 7.31. The van der Waals surface area contributed by atoms with Crippen LogP contribution in [-0.4, -0.2) is 6.47 Å². The van der Waals surface area contributed by atoms with Crippen LogP contribution in [0.4, 0.5) is 0 Å². The number of carbonyl (C=O) groups is 1. The third kappa shape index (κ3) is 1.44. The molecule has 11 heavy (non-hydrogen) atoms. The maximum atomic E-state index is 10.1. The number of hydrogen-bond acceptors (Lipinski definition) is 2. The first-order valence-corrected chi connectivity index (χ1v) is 3.88. The molecule has 0 radical (unpaired) electrons. The molecule has 0 heterocycles. The average molecular weight is 154 g/mol. The highest BCUT2D eigenvalue weighted by Gasteiger charge is 2.32. The van der Waals surface area contributed by atoms with Crippen LogP contribution in [0, 0.1) is 5.41 Å². The highest BCUT2D eigenvalue weighted by Crippen LogP contribution is 2.42. The van der Waals surface area contributed by atoms with Crippen molar-refractivity contribution in [3.63, 3.8) is 0 Å². The van der Waals surface area contributed by atoms with Crippen LogP contribution in [0.2, 0.25) is 0 Å². The second kappa shape index (κ2) is 2.68. The van der Waals surface area contributed by atoms with Crippen molar-refractivity contribution in [3.05, 3.63) is 11.3 Å². The predicted octanol–water partition coefficient (Wildman–Crippen LogP) is 2.25. The summed E-state index contributed by atoms with van der Waals surface area (Å²) in [5.74, 6) is 0.868. The molecule has 0 N–H and O–H groups in total. The van der Waals surface area contributed by atoms with Crippen LogP contribution in [0.1, 0.15) is 33.6 Å². The summed E-state index contributed by atoms with van der Waals surface area (Å²) in [6.45, 7) is 6.74. The van der Waals surface area contributed by atoms with Crippen LogP contribution in [-0.2, 0) is 9.53 Å². The lowest BCUT2D eigenvalue weighted by molar-refractivity contribution is -0.126. The SMILES string of the molecule is CC1=C(OC=O)C(C)(C)CC1. The van der Waals surface area contributed by atoms with Crippen molar-refractivity contribution in [2.45, 2.75) is 33.6 Å². The molecular formula is C9H14O2. The van der Waals surface area contributed by atoms with E-state index in [1.165, 1.54) is 5.57 Å². The molecule has 0 aromatic rings. The molecule has 0 bridgehead atoms. The average Bonchev–Trinajstić information content (AvgIpc) is 2.16. The fraction of sp³-hybridized carbons (Fsp3) is 0.667. The summed E-state index contributed by atoms with van der Waals surface area (Å²) in [4.78, 5) is 10.1. The Kier molecular flexibility index (Phi) is 2.03. The van der Waals surface area contributed by atoms with E-state index in [9.17, 15) is 4.79 Å². The summed E-state index contributed by atoms with van der Waals surface area (Å²) in [5, 5.41) is 0. The fourth-order valence-electron chi connectivity index (χ4n) is 1.61. The Bertz CT molecular complexity index is 202. The largest absolute Gasteiger partial charge is 0.433 e. The van der Waals surface area contributed by atoms with Crippen LogP contribution >= 0.6 is 0 Å². The molecule has 2 heteroatoms. The molecule has 1 rings (SSSR count). The zero-order chi connectivity index (χ0) is 8.48. The van der Waals surface area contributed by atoms with Gasteiger partial charge >= 0.3 is 0 Å². The lowest BCUT2D eigenvalue weighted by Gasteiger charge is -2.19. The Hall–Kier alpha value is -0.790. The quantitative estimate of drug-likeness (QED) is 0.570. The molecule has 0 aliphatic heterocycles. The van der Waals surface area contributed by atoms with Crippen molar-refractivity contribution in [3.8, 4) is 0 Å². The van der Waals surface area contributed by atoms with Gasteiger partial charge in [-0.15, -0.1) is 0 Å². The molecule has 1 aliphatic carbocycles. The second-order valence-electron chi connectivity index (χ2n) is 3.71. The summed E-state index contributed by atoms with van der Waals surface area (Å²) in [5.41, 5.74) is 1.27. The lowest BCUT2D eigenvalue weighted by atomic mass is 9.91. The van der Waals surface area contributed by atoms with E-state index in [1.807, 2.05) is 6.92 Å². The van der Waals surface area contributed by atoms with Crippen LogP contribution < -0.4 is 0 Å². The predicted molar refractivity (Wildman–Crippen MR) is 42.9 cm³/mol. The van der Waals surface area contributed by atoms with Gasteiger partial charge in [0.05, 0.1) is 0 Å². The van der Waals surface area contributed by atoms with E-state index in [0.29, 0.717) is 6.47 Å². The molecule has 0 saturated carbocycles. The number of allylic oxidation sites excluding steroid dienone is 2. The number of ether oxygens (including phenoxy) is 1. The Morgan fingerprint density at radius 2 is 2.18 bits per heavy atom. The summed E-state index contributed by atoms with van der Waals surface area (Å²) in [7, 11) is 0. The molecule has 0 aromatic carbocycles. The van der Waals surface area contributed by atoms with Gasteiger partial charge in [-0.3, -0.25) is 4.79 Å². The number of carbonyl (C=O) groups excluding carboxylic acids is 1. The molecule has 0 amide bonds. The van der Waals surface area contributed by atoms with Crippen LogP contribution in [0.5, 0.6) is 0 Å². The van der Waals surface area contributed by atoms with E-state index >= 15 is 0 Å². The maximum absolute atomic E-state index is 10.1. The van der Waals surface area contributed by atoms with Crippen LogP contribution in [0.15, 0.2) is 11.3 Å². The Labute approximate surface area is 67.2 Å². The Balaban J connectivity index is 2.85. The van der Waals surface area contributed by atoms with E-state index in [4.69, 9.17) is 4.74 Å². The minimum Gasteiger partial charge on any atom is -0.433 e. The van der Waals surface area contributed by atoms with Gasteiger partial charge in [0.1, 0.15) is 5.76 Å². The molecule has 0 fully saturated rings. The first-order valence-electron chi connectivity index (χ1n) is 3.88. The summed E-state index contributed by atoms with van der Waals surface area (Å²) in [6, 6.07) is 0. The summed E-state index contributed by atoms with van der Waals surface area (Å²) in [6.07, 6.45) is 2.14. The van der Waals surface area contributed by atoms with Gasteiger partial charge in [-0.2, -0.15) is 0 Å². The van der Waals surface area contributed by atoms with Gasteiger partial charge < -0.3 is 4.74 Å². The molecule has 2 nitrogen and oxygen atoms in total. The van der Waals surface area contributed by atoms with Crippen LogP contribution in [0.25, 0.3) is 0 Å². The third-order valence-electron chi connectivity index (χ3n) is 2.29. The molecule has 0 atom stereocenters. The monoisotopic (exact) mass is 154 g/mol. The smallest absolute Gasteiger partial charge is 0.298 e. The van der Waals surface area contributed by atoms with Gasteiger partial charge in [0, 0.05) is 5.41 Å². The molecular weight excluding hydrogens is 140 g/mol. The lowest BCUT2D eigenvalue weighted by Crippen LogP contribution is -2.12. The number of rotatable bonds is 2. The highest BCUT2D eigenvalue weighted by atomic mass is 16.5. The minimum atomic E-state index is 0.0605. The number of hydrogen-bond donors (Lipinski definition) is 0. The van der Waals surface area contributed by atoms with Crippen molar-refractivity contribution in [2.24, 2.45) is 5.41 Å². The molecule has 1 aliphatic rings. The van der Waals surface area contributed by atoms with E-state index in [1.54, 1.807) is 0 Å². The highest BCUT2D eigenvalue weighted by molar-refractivity contribution is 5.42. The minimum absolute atomic E-state index is 0.0605. The molecule has 0 spiro atoms. The van der Waals surface area contributed by atoms with Crippen molar-refractivity contribution in [1.29, 1.82) is 0 Å². The van der Waals surface area contributed by atoms with Crippen molar-refractivity contribution in [2.75, 3.05) is 0 Å². The molecule has 62 valence electrons. The van der Waals surface area contributed by atoms with Gasteiger partial charge in [0.25, 0.3) is 6.47 Å². The first kappa shape index (κ1) is 8.31. The standard InChI is InChI=1S/C9H14O2/c1-7-4-5-9(2,3)8(7)11-6-10/h6H,4-5H2,1-3H3. The summed E-state index contributed by atoms with van der Waals surface area (Å²) < 4.78 is 4.93. The topological polar surface area (TPSA) is 26.3 Å².